The third kappa shape index (κ3) is 39.0. The molecule has 320 valence electrons. The predicted octanol–water partition coefficient (Wildman–Crippen LogP) is 9.83. The van der Waals surface area contributed by atoms with E-state index in [0.29, 0.717) is 17.4 Å². The monoisotopic (exact) mass is 786 g/mol. The summed E-state index contributed by atoms with van der Waals surface area (Å²) in [6.45, 7) is 4.51. The van der Waals surface area contributed by atoms with Crippen LogP contribution in [0.1, 0.15) is 149 Å². The smallest absolute Gasteiger partial charge is 0.306 e. The number of rotatable bonds is 38. The van der Waals surface area contributed by atoms with Crippen LogP contribution in [0.2, 0.25) is 0 Å². The van der Waals surface area contributed by atoms with Gasteiger partial charge in [-0.2, -0.15) is 0 Å². The average molecular weight is 786 g/mol. The van der Waals surface area contributed by atoms with E-state index in [1.165, 1.54) is 6.42 Å². The molecule has 0 aliphatic heterocycles. The molecule has 9 heteroatoms. The number of carbonyl (C=O) groups is 3. The molecule has 0 spiro atoms. The van der Waals surface area contributed by atoms with Crippen molar-refractivity contribution in [2.45, 2.75) is 161 Å². The zero-order valence-electron chi connectivity index (χ0n) is 36.0. The first-order valence-electron chi connectivity index (χ1n) is 21.6. The van der Waals surface area contributed by atoms with Crippen molar-refractivity contribution in [3.8, 4) is 0 Å². The van der Waals surface area contributed by atoms with Crippen molar-refractivity contribution in [3.05, 3.63) is 72.9 Å². The van der Waals surface area contributed by atoms with Gasteiger partial charge in [-0.1, -0.05) is 145 Å². The highest BCUT2D eigenvalue weighted by Gasteiger charge is 2.21. The summed E-state index contributed by atoms with van der Waals surface area (Å²) in [5, 5.41) is 11.6. The summed E-state index contributed by atoms with van der Waals surface area (Å²) in [7, 11) is 5.88. The minimum absolute atomic E-state index is 0.141. The molecule has 0 saturated carbocycles. The number of hydrogen-bond donors (Lipinski definition) is 0. The van der Waals surface area contributed by atoms with Crippen molar-refractivity contribution >= 4 is 17.9 Å². The molecule has 0 bridgehead atoms. The van der Waals surface area contributed by atoms with Gasteiger partial charge in [-0.05, 0) is 64.2 Å². The number of ether oxygens (including phenoxy) is 4. The molecule has 2 unspecified atom stereocenters. The summed E-state index contributed by atoms with van der Waals surface area (Å²) in [6, 6.07) is 0. The van der Waals surface area contributed by atoms with Gasteiger partial charge in [0.25, 0.3) is 0 Å². The number of aliphatic carboxylic acids is 1. The van der Waals surface area contributed by atoms with Crippen LogP contribution in [0.3, 0.4) is 0 Å². The first-order chi connectivity index (χ1) is 27.1. The van der Waals surface area contributed by atoms with Crippen molar-refractivity contribution in [1.29, 1.82) is 0 Å². The maximum Gasteiger partial charge on any atom is 0.306 e. The largest absolute Gasteiger partial charge is 0.545 e. The predicted molar refractivity (Wildman–Crippen MR) is 228 cm³/mol. The molecule has 0 fully saturated rings. The van der Waals surface area contributed by atoms with Crippen LogP contribution in [0.5, 0.6) is 0 Å². The number of quaternary nitrogens is 1. The van der Waals surface area contributed by atoms with Crippen LogP contribution in [-0.2, 0) is 33.3 Å². The fourth-order valence-electron chi connectivity index (χ4n) is 5.36. The van der Waals surface area contributed by atoms with E-state index in [-0.39, 0.29) is 38.6 Å². The molecule has 0 aromatic rings. The van der Waals surface area contributed by atoms with Crippen LogP contribution < -0.4 is 5.11 Å². The van der Waals surface area contributed by atoms with Crippen LogP contribution in [0, 0.1) is 0 Å². The molecule has 0 radical (unpaired) electrons. The van der Waals surface area contributed by atoms with E-state index in [9.17, 15) is 19.5 Å². The number of hydrogen-bond acceptors (Lipinski definition) is 8. The lowest BCUT2D eigenvalue weighted by molar-refractivity contribution is -0.870. The van der Waals surface area contributed by atoms with E-state index in [4.69, 9.17) is 18.9 Å². The van der Waals surface area contributed by atoms with Crippen LogP contribution in [-0.4, -0.2) is 82.3 Å². The summed E-state index contributed by atoms with van der Waals surface area (Å²) in [6.07, 6.45) is 43.9. The van der Waals surface area contributed by atoms with Crippen LogP contribution >= 0.6 is 0 Å². The third-order valence-corrected chi connectivity index (χ3v) is 8.72. The molecule has 56 heavy (non-hydrogen) atoms. The Balaban J connectivity index is 4.31. The second kappa shape index (κ2) is 38.6. The fraction of sp³-hybridized carbons (Fsp3) is 0.681. The van der Waals surface area contributed by atoms with Gasteiger partial charge in [0, 0.05) is 12.8 Å². The van der Waals surface area contributed by atoms with E-state index < -0.39 is 24.3 Å². The van der Waals surface area contributed by atoms with Gasteiger partial charge in [0.1, 0.15) is 13.2 Å². The number of esters is 2. The Morgan fingerprint density at radius 2 is 1.02 bits per heavy atom. The lowest BCUT2D eigenvalue weighted by Crippen LogP contribution is -2.44. The van der Waals surface area contributed by atoms with Gasteiger partial charge in [-0.3, -0.25) is 9.59 Å². The van der Waals surface area contributed by atoms with Crippen LogP contribution in [0.4, 0.5) is 0 Å². The minimum Gasteiger partial charge on any atom is -0.545 e. The highest BCUT2D eigenvalue weighted by molar-refractivity contribution is 5.70. The van der Waals surface area contributed by atoms with Crippen molar-refractivity contribution in [3.63, 3.8) is 0 Å². The van der Waals surface area contributed by atoms with Crippen molar-refractivity contribution in [2.24, 2.45) is 0 Å². The highest BCUT2D eigenvalue weighted by atomic mass is 16.7. The number of carbonyl (C=O) groups excluding carboxylic acids is 3. The molecule has 2 atom stereocenters. The van der Waals surface area contributed by atoms with E-state index in [2.05, 4.69) is 86.8 Å². The topological polar surface area (TPSA) is 111 Å². The molecule has 0 N–H and O–H groups in total. The maximum atomic E-state index is 12.7. The molecular weight excluding hydrogens is 707 g/mol. The number of unbranched alkanes of at least 4 members (excludes halogenated alkanes) is 11. The number of carboxylic acid groups (broad SMARTS) is 1. The molecule has 9 nitrogen and oxygen atoms in total. The van der Waals surface area contributed by atoms with Gasteiger partial charge in [-0.25, -0.2) is 0 Å². The number of allylic oxidation sites excluding steroid dienone is 12. The molecule has 0 rings (SSSR count). The Hall–Kier alpha value is -3.27. The molecule has 0 aliphatic rings. The first-order valence-corrected chi connectivity index (χ1v) is 21.6. The van der Waals surface area contributed by atoms with E-state index in [0.717, 1.165) is 109 Å². The van der Waals surface area contributed by atoms with Gasteiger partial charge < -0.3 is 33.3 Å². The first kappa shape index (κ1) is 52.7. The zero-order valence-corrected chi connectivity index (χ0v) is 36.0. The van der Waals surface area contributed by atoms with Gasteiger partial charge >= 0.3 is 11.9 Å². The molecular formula is C47H79NO8. The molecule has 0 saturated heterocycles. The summed E-state index contributed by atoms with van der Waals surface area (Å²) >= 11 is 0. The quantitative estimate of drug-likeness (QED) is 0.0200. The van der Waals surface area contributed by atoms with Gasteiger partial charge in [-0.15, -0.1) is 0 Å². The second-order valence-corrected chi connectivity index (χ2v) is 15.3. The fourth-order valence-corrected chi connectivity index (χ4v) is 5.36. The molecule has 0 aromatic heterocycles. The Bertz CT molecular complexity index is 1150. The summed E-state index contributed by atoms with van der Waals surface area (Å²) < 4.78 is 22.4. The maximum absolute atomic E-state index is 12.7. The van der Waals surface area contributed by atoms with E-state index in [1.807, 2.05) is 21.1 Å². The van der Waals surface area contributed by atoms with Gasteiger partial charge in [0.05, 0.1) is 40.3 Å². The van der Waals surface area contributed by atoms with Crippen molar-refractivity contribution in [2.75, 3.05) is 47.5 Å². The SMILES string of the molecule is CC/C=C\C/C=C\C/C=C\C/C=C\C/C=C\C/C=C\CCCCCCCCC(=O)OC(COC(=O)CCCCCCCC)COC(OCC[N+](C)(C)C)C(=O)[O-]. The standard InChI is InChI=1S/C47H79NO8/c1-6-8-10-12-14-15-16-17-18-19-20-21-22-23-24-25-26-27-28-29-30-31-32-34-36-38-45(50)56-43(41-54-44(49)37-35-33-13-11-9-7-2)42-55-47(46(51)52)53-40-39-48(3,4)5/h8,10,14-15,17-18,20-21,23-24,26-27,43,47H,6-7,9,11-13,16,19,22,25,28-42H2,1-5H3/b10-8-,15-14-,18-17-,21-20-,24-23-,27-26-. The van der Waals surface area contributed by atoms with Crippen molar-refractivity contribution in [1.82, 2.24) is 0 Å². The van der Waals surface area contributed by atoms with Crippen LogP contribution in [0.25, 0.3) is 0 Å². The summed E-state index contributed by atoms with van der Waals surface area (Å²) in [4.78, 5) is 36.7. The number of likely N-dealkylation sites (N-methyl/N-ethyl adjacent to an activating group) is 1. The molecule has 0 aromatic carbocycles. The summed E-state index contributed by atoms with van der Waals surface area (Å²) in [5.74, 6) is -2.33. The molecule has 0 aliphatic carbocycles. The minimum atomic E-state index is -1.62. The Labute approximate surface area is 341 Å². The van der Waals surface area contributed by atoms with Crippen LogP contribution in [0.15, 0.2) is 72.9 Å². The number of nitrogens with zero attached hydrogens (tertiary/aromatic N) is 1. The van der Waals surface area contributed by atoms with Gasteiger partial charge in [0.15, 0.2) is 12.4 Å². The Morgan fingerprint density at radius 1 is 0.554 bits per heavy atom. The van der Waals surface area contributed by atoms with E-state index in [1.54, 1.807) is 0 Å². The lowest BCUT2D eigenvalue weighted by Gasteiger charge is -2.26. The van der Waals surface area contributed by atoms with Crippen molar-refractivity contribution < 1.29 is 42.9 Å². The third-order valence-electron chi connectivity index (χ3n) is 8.72. The van der Waals surface area contributed by atoms with Gasteiger partial charge in [0.2, 0.25) is 0 Å². The zero-order chi connectivity index (χ0) is 41.4. The highest BCUT2D eigenvalue weighted by Crippen LogP contribution is 2.12. The Kier molecular flexibility index (Phi) is 36.3. The Morgan fingerprint density at radius 3 is 1.52 bits per heavy atom. The number of carboxylic acids is 1. The average Bonchev–Trinajstić information content (AvgIpc) is 3.15. The lowest BCUT2D eigenvalue weighted by atomic mass is 10.1. The molecule has 0 amide bonds. The van der Waals surface area contributed by atoms with E-state index >= 15 is 0 Å². The normalized spacial score (nSPS) is 13.7. The second-order valence-electron chi connectivity index (χ2n) is 15.3. The molecule has 0 heterocycles. The summed E-state index contributed by atoms with van der Waals surface area (Å²) in [5.41, 5.74) is 0.